The van der Waals surface area contributed by atoms with E-state index in [1.807, 2.05) is 12.1 Å². The van der Waals surface area contributed by atoms with Crippen molar-refractivity contribution in [1.29, 1.82) is 0 Å². The third-order valence-corrected chi connectivity index (χ3v) is 3.71. The lowest BCUT2D eigenvalue weighted by Gasteiger charge is -2.27. The van der Waals surface area contributed by atoms with Crippen LogP contribution in [0.25, 0.3) is 0 Å². The number of nitrogen functional groups attached to an aromatic ring is 1. The van der Waals surface area contributed by atoms with Gasteiger partial charge in [0.2, 0.25) is 0 Å². The van der Waals surface area contributed by atoms with E-state index in [4.69, 9.17) is 5.73 Å². The molecule has 0 atom stereocenters. The van der Waals surface area contributed by atoms with Crippen molar-refractivity contribution in [3.05, 3.63) is 65.2 Å². The molecular formula is C18H23ClN2O. The third kappa shape index (κ3) is 4.25. The molecule has 0 aliphatic carbocycles. The molecule has 0 aliphatic rings. The lowest BCUT2D eigenvalue weighted by molar-refractivity contribution is 0.0945. The molecule has 0 bridgehead atoms. The number of carbonyl (C=O) groups is 1. The Balaban J connectivity index is 0.00000242. The van der Waals surface area contributed by atoms with Crippen molar-refractivity contribution < 1.29 is 4.79 Å². The summed E-state index contributed by atoms with van der Waals surface area (Å²) in [5, 5.41) is 3.00. The second kappa shape index (κ2) is 7.32. The predicted octanol–water partition coefficient (Wildman–Crippen LogP) is 3.71. The van der Waals surface area contributed by atoms with E-state index in [1.54, 1.807) is 24.3 Å². The van der Waals surface area contributed by atoms with Gasteiger partial charge in [0.05, 0.1) is 0 Å². The number of hydrogen-bond donors (Lipinski definition) is 2. The summed E-state index contributed by atoms with van der Waals surface area (Å²) in [5.74, 6) is -0.0936. The van der Waals surface area contributed by atoms with Crippen LogP contribution >= 0.6 is 12.4 Å². The predicted molar refractivity (Wildman–Crippen MR) is 94.6 cm³/mol. The first-order valence-electron chi connectivity index (χ1n) is 7.10. The molecule has 0 heterocycles. The molecule has 2 aromatic carbocycles. The number of aryl methyl sites for hydroxylation is 1. The van der Waals surface area contributed by atoms with Gasteiger partial charge in [0, 0.05) is 23.2 Å². The smallest absolute Gasteiger partial charge is 0.251 e. The molecule has 0 spiro atoms. The van der Waals surface area contributed by atoms with Gasteiger partial charge >= 0.3 is 0 Å². The summed E-state index contributed by atoms with van der Waals surface area (Å²) in [6.45, 7) is 6.94. The Morgan fingerprint density at radius 2 is 1.82 bits per heavy atom. The van der Waals surface area contributed by atoms with E-state index in [1.165, 1.54) is 11.1 Å². The second-order valence-electron chi connectivity index (χ2n) is 6.01. The quantitative estimate of drug-likeness (QED) is 0.844. The van der Waals surface area contributed by atoms with Crippen molar-refractivity contribution in [2.75, 3.05) is 12.3 Å². The van der Waals surface area contributed by atoms with E-state index in [0.717, 1.165) is 0 Å². The second-order valence-corrected chi connectivity index (χ2v) is 6.01. The van der Waals surface area contributed by atoms with Crippen LogP contribution in [0.2, 0.25) is 0 Å². The van der Waals surface area contributed by atoms with Gasteiger partial charge in [0.25, 0.3) is 5.91 Å². The van der Waals surface area contributed by atoms with Gasteiger partial charge in [-0.25, -0.2) is 0 Å². The molecule has 1 amide bonds. The average molecular weight is 319 g/mol. The van der Waals surface area contributed by atoms with Crippen LogP contribution in [-0.4, -0.2) is 12.5 Å². The normalized spacial score (nSPS) is 10.7. The molecule has 4 heteroatoms. The van der Waals surface area contributed by atoms with Gasteiger partial charge in [-0.2, -0.15) is 0 Å². The fourth-order valence-corrected chi connectivity index (χ4v) is 2.51. The first kappa shape index (κ1) is 18.1. The molecule has 0 unspecified atom stereocenters. The Morgan fingerprint density at radius 3 is 2.45 bits per heavy atom. The van der Waals surface area contributed by atoms with Gasteiger partial charge in [0.15, 0.2) is 0 Å². The zero-order valence-electron chi connectivity index (χ0n) is 13.2. The first-order chi connectivity index (χ1) is 9.90. The number of rotatable bonds is 4. The van der Waals surface area contributed by atoms with Crippen LogP contribution in [0.4, 0.5) is 5.69 Å². The number of halogens is 1. The van der Waals surface area contributed by atoms with Crippen LogP contribution in [0.15, 0.2) is 48.5 Å². The monoisotopic (exact) mass is 318 g/mol. The minimum absolute atomic E-state index is 0. The van der Waals surface area contributed by atoms with Crippen molar-refractivity contribution in [2.24, 2.45) is 0 Å². The Labute approximate surface area is 138 Å². The van der Waals surface area contributed by atoms with E-state index < -0.39 is 0 Å². The molecule has 118 valence electrons. The standard InChI is InChI=1S/C18H22N2O.ClH/c1-13-7-4-5-10-16(13)18(2,3)12-20-17(21)14-8-6-9-15(19)11-14;/h4-11H,12,19H2,1-3H3,(H,20,21);1H. The van der Waals surface area contributed by atoms with Crippen molar-refractivity contribution in [3.63, 3.8) is 0 Å². The van der Waals surface area contributed by atoms with Crippen molar-refractivity contribution >= 4 is 24.0 Å². The number of amides is 1. The lowest BCUT2D eigenvalue weighted by Crippen LogP contribution is -2.37. The van der Waals surface area contributed by atoms with Crippen LogP contribution in [0.3, 0.4) is 0 Å². The Hall–Kier alpha value is -2.00. The maximum absolute atomic E-state index is 12.2. The van der Waals surface area contributed by atoms with Crippen LogP contribution in [-0.2, 0) is 5.41 Å². The fourth-order valence-electron chi connectivity index (χ4n) is 2.51. The summed E-state index contributed by atoms with van der Waals surface area (Å²) in [7, 11) is 0. The highest BCUT2D eigenvalue weighted by Crippen LogP contribution is 2.25. The molecule has 3 nitrogen and oxygen atoms in total. The summed E-state index contributed by atoms with van der Waals surface area (Å²) in [6, 6.07) is 15.3. The molecule has 3 N–H and O–H groups in total. The van der Waals surface area contributed by atoms with Gasteiger partial charge in [-0.1, -0.05) is 44.2 Å². The number of nitrogens with two attached hydrogens (primary N) is 1. The van der Waals surface area contributed by atoms with Crippen LogP contribution in [0.5, 0.6) is 0 Å². The highest BCUT2D eigenvalue weighted by molar-refractivity contribution is 5.95. The van der Waals surface area contributed by atoms with Gasteiger partial charge in [-0.15, -0.1) is 12.4 Å². The molecule has 0 radical (unpaired) electrons. The zero-order valence-corrected chi connectivity index (χ0v) is 14.0. The molecule has 0 aromatic heterocycles. The van der Waals surface area contributed by atoms with Crippen molar-refractivity contribution in [1.82, 2.24) is 5.32 Å². The minimum Gasteiger partial charge on any atom is -0.399 e. The average Bonchev–Trinajstić information content (AvgIpc) is 2.45. The minimum atomic E-state index is -0.124. The van der Waals surface area contributed by atoms with E-state index in [0.29, 0.717) is 17.8 Å². The SMILES string of the molecule is Cc1ccccc1C(C)(C)CNC(=O)c1cccc(N)c1.Cl. The molecule has 0 saturated carbocycles. The first-order valence-corrected chi connectivity index (χ1v) is 7.10. The van der Waals surface area contributed by atoms with E-state index in [2.05, 4.69) is 38.2 Å². The van der Waals surface area contributed by atoms with Gasteiger partial charge in [-0.05, 0) is 36.2 Å². The highest BCUT2D eigenvalue weighted by Gasteiger charge is 2.23. The number of hydrogen-bond acceptors (Lipinski definition) is 2. The van der Waals surface area contributed by atoms with Gasteiger partial charge in [0.1, 0.15) is 0 Å². The number of benzene rings is 2. The molecule has 22 heavy (non-hydrogen) atoms. The topological polar surface area (TPSA) is 55.1 Å². The summed E-state index contributed by atoms with van der Waals surface area (Å²) < 4.78 is 0. The summed E-state index contributed by atoms with van der Waals surface area (Å²) >= 11 is 0. The Bertz CT molecular complexity index is 653. The Kier molecular flexibility index (Phi) is 6.01. The van der Waals surface area contributed by atoms with Crippen LogP contribution in [0, 0.1) is 6.92 Å². The number of anilines is 1. The maximum atomic E-state index is 12.2. The molecule has 0 fully saturated rings. The largest absolute Gasteiger partial charge is 0.399 e. The molecular weight excluding hydrogens is 296 g/mol. The highest BCUT2D eigenvalue weighted by atomic mass is 35.5. The molecule has 0 aliphatic heterocycles. The lowest BCUT2D eigenvalue weighted by atomic mass is 9.82. The van der Waals surface area contributed by atoms with Gasteiger partial charge in [-0.3, -0.25) is 4.79 Å². The maximum Gasteiger partial charge on any atom is 0.251 e. The summed E-state index contributed by atoms with van der Waals surface area (Å²) in [5.41, 5.74) is 9.26. The van der Waals surface area contributed by atoms with Crippen LogP contribution < -0.4 is 11.1 Å². The van der Waals surface area contributed by atoms with Crippen molar-refractivity contribution in [2.45, 2.75) is 26.2 Å². The fraction of sp³-hybridized carbons (Fsp3) is 0.278. The van der Waals surface area contributed by atoms with E-state index in [9.17, 15) is 4.79 Å². The third-order valence-electron chi connectivity index (χ3n) is 3.71. The Morgan fingerprint density at radius 1 is 1.14 bits per heavy atom. The van der Waals surface area contributed by atoms with Crippen molar-refractivity contribution in [3.8, 4) is 0 Å². The number of nitrogens with one attached hydrogen (secondary N) is 1. The zero-order chi connectivity index (χ0) is 15.5. The van der Waals surface area contributed by atoms with E-state index in [-0.39, 0.29) is 23.7 Å². The van der Waals surface area contributed by atoms with Gasteiger partial charge < -0.3 is 11.1 Å². The molecule has 0 saturated heterocycles. The molecule has 2 aromatic rings. The van der Waals surface area contributed by atoms with Crippen LogP contribution in [0.1, 0.15) is 35.3 Å². The number of carbonyl (C=O) groups excluding carboxylic acids is 1. The summed E-state index contributed by atoms with van der Waals surface area (Å²) in [6.07, 6.45) is 0. The summed E-state index contributed by atoms with van der Waals surface area (Å²) in [4.78, 5) is 12.2. The van der Waals surface area contributed by atoms with E-state index >= 15 is 0 Å². The molecule has 2 rings (SSSR count).